The van der Waals surface area contributed by atoms with Crippen molar-refractivity contribution in [2.75, 3.05) is 6.54 Å². The summed E-state index contributed by atoms with van der Waals surface area (Å²) in [6.45, 7) is 1.82. The van der Waals surface area contributed by atoms with Gasteiger partial charge in [0.25, 0.3) is 0 Å². The minimum Gasteiger partial charge on any atom is -0.388 e. The van der Waals surface area contributed by atoms with E-state index in [1.807, 2.05) is 37.3 Å². The van der Waals surface area contributed by atoms with Crippen molar-refractivity contribution >= 4 is 16.1 Å². The molecule has 0 aromatic heterocycles. The molecule has 0 spiro atoms. The number of aliphatic hydroxyl groups is 1. The molecule has 22 heavy (non-hydrogen) atoms. The highest BCUT2D eigenvalue weighted by Crippen LogP contribution is 2.10. The molecule has 0 amide bonds. The van der Waals surface area contributed by atoms with Gasteiger partial charge >= 0.3 is 0 Å². The van der Waals surface area contributed by atoms with Crippen LogP contribution in [0.1, 0.15) is 11.1 Å². The fourth-order valence-corrected chi connectivity index (χ4v) is 2.90. The van der Waals surface area contributed by atoms with E-state index in [-0.39, 0.29) is 11.4 Å². The van der Waals surface area contributed by atoms with Crippen molar-refractivity contribution in [3.05, 3.63) is 71.8 Å². The van der Waals surface area contributed by atoms with E-state index in [1.165, 1.54) is 0 Å². The van der Waals surface area contributed by atoms with Gasteiger partial charge in [-0.05, 0) is 24.6 Å². The molecule has 0 radical (unpaired) electrons. The van der Waals surface area contributed by atoms with Crippen LogP contribution in [0.3, 0.4) is 0 Å². The summed E-state index contributed by atoms with van der Waals surface area (Å²) in [5, 5.41) is 9.85. The molecule has 2 aromatic rings. The average Bonchev–Trinajstić information content (AvgIpc) is 2.52. The van der Waals surface area contributed by atoms with Crippen LogP contribution < -0.4 is 4.72 Å². The number of sulfonamides is 1. The van der Waals surface area contributed by atoms with Crippen LogP contribution in [0.4, 0.5) is 0 Å². The molecule has 0 heterocycles. The Hall–Kier alpha value is -1.95. The number of aliphatic hydroxyl groups excluding tert-OH is 1. The Bertz CT molecular complexity index is 722. The van der Waals surface area contributed by atoms with E-state index in [2.05, 4.69) is 4.72 Å². The molecule has 2 aromatic carbocycles. The second-order valence-corrected chi connectivity index (χ2v) is 6.77. The third-order valence-electron chi connectivity index (χ3n) is 3.12. The van der Waals surface area contributed by atoms with E-state index in [1.54, 1.807) is 36.4 Å². The lowest BCUT2D eigenvalue weighted by Gasteiger charge is -2.09. The highest BCUT2D eigenvalue weighted by Gasteiger charge is 2.14. The Morgan fingerprint density at radius 1 is 1.09 bits per heavy atom. The summed E-state index contributed by atoms with van der Waals surface area (Å²) in [5.74, 6) is 0. The number of nitrogens with one attached hydrogen (secondary N) is 1. The zero-order valence-electron chi connectivity index (χ0n) is 12.3. The molecule has 5 heteroatoms. The van der Waals surface area contributed by atoms with Crippen LogP contribution in [0.25, 0.3) is 6.08 Å². The first-order chi connectivity index (χ1) is 10.5. The molecule has 1 unspecified atom stereocenters. The fourth-order valence-electron chi connectivity index (χ4n) is 1.85. The van der Waals surface area contributed by atoms with Gasteiger partial charge in [-0.25, -0.2) is 13.1 Å². The van der Waals surface area contributed by atoms with Crippen LogP contribution in [-0.4, -0.2) is 26.2 Å². The highest BCUT2D eigenvalue weighted by atomic mass is 32.2. The molecule has 0 saturated carbocycles. The molecule has 0 fully saturated rings. The Balaban J connectivity index is 1.94. The van der Waals surface area contributed by atoms with Gasteiger partial charge in [-0.2, -0.15) is 0 Å². The minimum atomic E-state index is -3.60. The third-order valence-corrected chi connectivity index (χ3v) is 4.56. The summed E-state index contributed by atoms with van der Waals surface area (Å²) in [4.78, 5) is 0.192. The van der Waals surface area contributed by atoms with Gasteiger partial charge in [0.1, 0.15) is 0 Å². The van der Waals surface area contributed by atoms with Crippen LogP contribution in [0.2, 0.25) is 0 Å². The molecule has 0 aliphatic heterocycles. The largest absolute Gasteiger partial charge is 0.388 e. The predicted molar refractivity (Wildman–Crippen MR) is 87.9 cm³/mol. The van der Waals surface area contributed by atoms with Crippen molar-refractivity contribution in [3.63, 3.8) is 0 Å². The van der Waals surface area contributed by atoms with E-state index in [0.717, 1.165) is 11.1 Å². The molecule has 0 saturated heterocycles. The summed E-state index contributed by atoms with van der Waals surface area (Å²) in [6.07, 6.45) is 2.43. The second kappa shape index (κ2) is 7.35. The van der Waals surface area contributed by atoms with Gasteiger partial charge in [-0.1, -0.05) is 60.2 Å². The van der Waals surface area contributed by atoms with Gasteiger partial charge in [0.05, 0.1) is 11.0 Å². The monoisotopic (exact) mass is 317 g/mol. The van der Waals surface area contributed by atoms with Crippen LogP contribution in [0.5, 0.6) is 0 Å². The summed E-state index contributed by atoms with van der Waals surface area (Å²) in [5.41, 5.74) is 1.94. The Morgan fingerprint density at radius 3 is 2.36 bits per heavy atom. The lowest BCUT2D eigenvalue weighted by molar-refractivity contribution is 0.227. The average molecular weight is 317 g/mol. The Labute approximate surface area is 131 Å². The van der Waals surface area contributed by atoms with E-state index < -0.39 is 16.1 Å². The number of hydrogen-bond donors (Lipinski definition) is 2. The van der Waals surface area contributed by atoms with Crippen LogP contribution >= 0.6 is 0 Å². The summed E-state index contributed by atoms with van der Waals surface area (Å²) < 4.78 is 26.6. The van der Waals surface area contributed by atoms with Gasteiger partial charge in [0, 0.05) is 6.54 Å². The normalized spacial score (nSPS) is 13.4. The maximum absolute atomic E-state index is 12.1. The molecule has 0 aliphatic rings. The maximum atomic E-state index is 12.1. The minimum absolute atomic E-state index is 0.0699. The molecule has 2 rings (SSSR count). The van der Waals surface area contributed by atoms with Crippen molar-refractivity contribution < 1.29 is 13.5 Å². The number of aryl methyl sites for hydroxylation is 1. The van der Waals surface area contributed by atoms with Gasteiger partial charge in [-0.15, -0.1) is 0 Å². The molecular weight excluding hydrogens is 298 g/mol. The van der Waals surface area contributed by atoms with Gasteiger partial charge in [0.15, 0.2) is 0 Å². The number of rotatable bonds is 6. The van der Waals surface area contributed by atoms with Crippen molar-refractivity contribution in [1.29, 1.82) is 0 Å². The lowest BCUT2D eigenvalue weighted by Crippen LogP contribution is -2.31. The SMILES string of the molecule is Cc1ccc(S(=O)(=O)NCC(O)/C=C/c2ccccc2)cc1. The second-order valence-electron chi connectivity index (χ2n) is 5.00. The number of hydrogen-bond acceptors (Lipinski definition) is 3. The summed E-state index contributed by atoms with van der Waals surface area (Å²) in [6, 6.07) is 16.1. The van der Waals surface area contributed by atoms with Crippen molar-refractivity contribution in [2.24, 2.45) is 0 Å². The first-order valence-electron chi connectivity index (χ1n) is 6.95. The first-order valence-corrected chi connectivity index (χ1v) is 8.43. The highest BCUT2D eigenvalue weighted by molar-refractivity contribution is 7.89. The fraction of sp³-hybridized carbons (Fsp3) is 0.176. The van der Waals surface area contributed by atoms with Gasteiger partial charge in [-0.3, -0.25) is 0 Å². The molecule has 0 bridgehead atoms. The summed E-state index contributed by atoms with van der Waals surface area (Å²) >= 11 is 0. The van der Waals surface area contributed by atoms with E-state index in [9.17, 15) is 13.5 Å². The first kappa shape index (κ1) is 16.4. The van der Waals surface area contributed by atoms with E-state index in [0.29, 0.717) is 0 Å². The smallest absolute Gasteiger partial charge is 0.240 e. The predicted octanol–water partition coefficient (Wildman–Crippen LogP) is 2.35. The van der Waals surface area contributed by atoms with Crippen molar-refractivity contribution in [2.45, 2.75) is 17.9 Å². The lowest BCUT2D eigenvalue weighted by atomic mass is 10.2. The summed E-state index contributed by atoms with van der Waals surface area (Å²) in [7, 11) is -3.60. The third kappa shape index (κ3) is 4.80. The van der Waals surface area contributed by atoms with E-state index in [4.69, 9.17) is 0 Å². The molecule has 1 atom stereocenters. The van der Waals surface area contributed by atoms with Crippen molar-refractivity contribution in [3.8, 4) is 0 Å². The molecular formula is C17H19NO3S. The zero-order chi connectivity index (χ0) is 16.0. The standard InChI is InChI=1S/C17H19NO3S/c1-14-7-11-17(12-8-14)22(20,21)18-13-16(19)10-9-15-5-3-2-4-6-15/h2-12,16,18-19H,13H2,1H3/b10-9+. The van der Waals surface area contributed by atoms with E-state index >= 15 is 0 Å². The van der Waals surface area contributed by atoms with Gasteiger partial charge < -0.3 is 5.11 Å². The zero-order valence-corrected chi connectivity index (χ0v) is 13.1. The Kier molecular flexibility index (Phi) is 5.49. The van der Waals surface area contributed by atoms with Crippen LogP contribution in [0, 0.1) is 6.92 Å². The number of benzene rings is 2. The van der Waals surface area contributed by atoms with Crippen LogP contribution in [0.15, 0.2) is 65.6 Å². The maximum Gasteiger partial charge on any atom is 0.240 e. The topological polar surface area (TPSA) is 66.4 Å². The van der Waals surface area contributed by atoms with Crippen LogP contribution in [-0.2, 0) is 10.0 Å². The Morgan fingerprint density at radius 2 is 1.73 bits per heavy atom. The van der Waals surface area contributed by atoms with Crippen molar-refractivity contribution in [1.82, 2.24) is 4.72 Å². The molecule has 4 nitrogen and oxygen atoms in total. The molecule has 0 aliphatic carbocycles. The quantitative estimate of drug-likeness (QED) is 0.859. The molecule has 116 valence electrons. The van der Waals surface area contributed by atoms with Gasteiger partial charge in [0.2, 0.25) is 10.0 Å². The molecule has 2 N–H and O–H groups in total.